The van der Waals surface area contributed by atoms with E-state index in [1.54, 1.807) is 12.4 Å². The van der Waals surface area contributed by atoms with Gasteiger partial charge in [-0.25, -0.2) is 0 Å². The summed E-state index contributed by atoms with van der Waals surface area (Å²) in [6.07, 6.45) is 7.23. The Bertz CT molecular complexity index is 814. The number of hydrogen-bond acceptors (Lipinski definition) is 5. The number of fused-ring (bicyclic) bond motifs is 2. The predicted molar refractivity (Wildman–Crippen MR) is 96.8 cm³/mol. The molecular formula is C20H21N5O. The highest BCUT2D eigenvalue weighted by Gasteiger charge is 2.42. The van der Waals surface area contributed by atoms with Crippen molar-refractivity contribution >= 4 is 5.91 Å². The Morgan fingerprint density at radius 3 is 2.69 bits per heavy atom. The Morgan fingerprint density at radius 1 is 1.23 bits per heavy atom. The van der Waals surface area contributed by atoms with Crippen LogP contribution in [0.2, 0.25) is 0 Å². The fourth-order valence-electron chi connectivity index (χ4n) is 4.07. The number of nitrogens with zero attached hydrogens (tertiary/aromatic N) is 3. The summed E-state index contributed by atoms with van der Waals surface area (Å²) < 4.78 is 0. The van der Waals surface area contributed by atoms with Gasteiger partial charge in [-0.05, 0) is 42.4 Å². The Morgan fingerprint density at radius 2 is 2.08 bits per heavy atom. The fraction of sp³-hybridized carbons (Fsp3) is 0.400. The molecule has 132 valence electrons. The second kappa shape index (κ2) is 7.22. The molecule has 0 radical (unpaired) electrons. The Hall–Kier alpha value is -2.78. The first-order valence-corrected chi connectivity index (χ1v) is 9.05. The minimum Gasteiger partial charge on any atom is -0.339 e. The van der Waals surface area contributed by atoms with E-state index >= 15 is 0 Å². The van der Waals surface area contributed by atoms with Gasteiger partial charge in [0.25, 0.3) is 0 Å². The summed E-state index contributed by atoms with van der Waals surface area (Å²) >= 11 is 0. The lowest BCUT2D eigenvalue weighted by atomic mass is 9.98. The summed E-state index contributed by atoms with van der Waals surface area (Å²) in [7, 11) is 0. The van der Waals surface area contributed by atoms with E-state index in [0.29, 0.717) is 18.4 Å². The monoisotopic (exact) mass is 347 g/mol. The summed E-state index contributed by atoms with van der Waals surface area (Å²) in [6.45, 7) is 0. The minimum absolute atomic E-state index is 0.0387. The van der Waals surface area contributed by atoms with Crippen LogP contribution in [0.5, 0.6) is 0 Å². The van der Waals surface area contributed by atoms with Crippen LogP contribution >= 0.6 is 0 Å². The largest absolute Gasteiger partial charge is 0.339 e. The molecule has 4 atom stereocenters. The lowest BCUT2D eigenvalue weighted by Gasteiger charge is -2.23. The summed E-state index contributed by atoms with van der Waals surface area (Å²) in [4.78, 5) is 12.5. The zero-order valence-corrected chi connectivity index (χ0v) is 14.4. The molecule has 2 bridgehead atoms. The lowest BCUT2D eigenvalue weighted by molar-refractivity contribution is -0.124. The summed E-state index contributed by atoms with van der Waals surface area (Å²) in [5.41, 5.74) is 3.06. The van der Waals surface area contributed by atoms with E-state index in [0.717, 1.165) is 36.0 Å². The van der Waals surface area contributed by atoms with Gasteiger partial charge in [-0.2, -0.15) is 15.5 Å². The van der Waals surface area contributed by atoms with Gasteiger partial charge in [0, 0.05) is 18.0 Å². The average Bonchev–Trinajstić information content (AvgIpc) is 3.32. The van der Waals surface area contributed by atoms with Crippen molar-refractivity contribution < 1.29 is 4.79 Å². The average molecular weight is 347 g/mol. The van der Waals surface area contributed by atoms with Crippen molar-refractivity contribution in [2.24, 2.45) is 5.92 Å². The van der Waals surface area contributed by atoms with Crippen molar-refractivity contribution in [3.8, 4) is 17.2 Å². The van der Waals surface area contributed by atoms with Gasteiger partial charge in [-0.15, -0.1) is 0 Å². The number of nitrogens with one attached hydrogen (secondary N) is 2. The van der Waals surface area contributed by atoms with E-state index in [4.69, 9.17) is 0 Å². The van der Waals surface area contributed by atoms with Crippen LogP contribution in [0, 0.1) is 17.2 Å². The molecule has 0 spiro atoms. The second-order valence-electron chi connectivity index (χ2n) is 7.14. The van der Waals surface area contributed by atoms with E-state index in [9.17, 15) is 10.1 Å². The number of rotatable bonds is 5. The second-order valence-corrected chi connectivity index (χ2v) is 7.14. The van der Waals surface area contributed by atoms with Gasteiger partial charge in [0.15, 0.2) is 0 Å². The molecule has 6 heteroatoms. The number of amides is 1. The molecule has 1 saturated carbocycles. The highest BCUT2D eigenvalue weighted by atomic mass is 16.2. The number of nitriles is 1. The number of carbonyl (C=O) groups excluding carboxylic acids is 1. The molecule has 1 saturated heterocycles. The standard InChI is InChI=1S/C20H21N5O/c21-11-18(25-20(26)19-15-5-6-17(10-15)24-19)9-13-1-3-14(4-2-13)16-7-8-22-23-12-16/h1-4,7-8,12,15,17-19,24H,5-6,9-10H2,(H,25,26)/t15-,17+,18-,19-/m0/s1. The van der Waals surface area contributed by atoms with Gasteiger partial charge in [0.2, 0.25) is 5.91 Å². The van der Waals surface area contributed by atoms with Crippen LogP contribution in [-0.4, -0.2) is 34.2 Å². The molecule has 1 aromatic carbocycles. The molecule has 1 aromatic heterocycles. The van der Waals surface area contributed by atoms with E-state index in [-0.39, 0.29) is 11.9 Å². The quantitative estimate of drug-likeness (QED) is 0.861. The van der Waals surface area contributed by atoms with Gasteiger partial charge >= 0.3 is 0 Å². The topological polar surface area (TPSA) is 90.7 Å². The zero-order chi connectivity index (χ0) is 17.9. The van der Waals surface area contributed by atoms with Crippen LogP contribution < -0.4 is 10.6 Å². The number of benzene rings is 1. The van der Waals surface area contributed by atoms with Crippen molar-refractivity contribution in [2.45, 2.75) is 43.8 Å². The fourth-order valence-corrected chi connectivity index (χ4v) is 4.07. The first-order valence-electron chi connectivity index (χ1n) is 9.05. The highest BCUT2D eigenvalue weighted by molar-refractivity contribution is 5.83. The normalized spacial score (nSPS) is 24.8. The lowest BCUT2D eigenvalue weighted by Crippen LogP contribution is -2.50. The van der Waals surface area contributed by atoms with Crippen LogP contribution in [-0.2, 0) is 11.2 Å². The SMILES string of the molecule is N#C[C@H](Cc1ccc(-c2ccnnc2)cc1)NC(=O)[C@H]1N[C@@H]2CC[C@H]1C2. The molecule has 2 aliphatic rings. The van der Waals surface area contributed by atoms with Crippen LogP contribution in [0.4, 0.5) is 0 Å². The third-order valence-corrected chi connectivity index (χ3v) is 5.43. The van der Waals surface area contributed by atoms with Crippen molar-refractivity contribution in [3.05, 3.63) is 48.3 Å². The third kappa shape index (κ3) is 3.44. The highest BCUT2D eigenvalue weighted by Crippen LogP contribution is 2.35. The van der Waals surface area contributed by atoms with Gasteiger partial charge in [0.05, 0.1) is 24.5 Å². The van der Waals surface area contributed by atoms with Gasteiger partial charge in [-0.3, -0.25) is 4.79 Å². The van der Waals surface area contributed by atoms with Crippen molar-refractivity contribution in [1.29, 1.82) is 5.26 Å². The van der Waals surface area contributed by atoms with Crippen LogP contribution in [0.1, 0.15) is 24.8 Å². The molecule has 6 nitrogen and oxygen atoms in total. The molecular weight excluding hydrogens is 326 g/mol. The zero-order valence-electron chi connectivity index (χ0n) is 14.4. The molecule has 2 aromatic rings. The molecule has 1 aliphatic carbocycles. The number of hydrogen-bond donors (Lipinski definition) is 2. The van der Waals surface area contributed by atoms with Crippen LogP contribution in [0.15, 0.2) is 42.7 Å². The van der Waals surface area contributed by atoms with Crippen LogP contribution in [0.3, 0.4) is 0 Å². The Kier molecular flexibility index (Phi) is 4.63. The van der Waals surface area contributed by atoms with E-state index < -0.39 is 6.04 Å². The molecule has 4 rings (SSSR count). The van der Waals surface area contributed by atoms with E-state index in [1.165, 1.54) is 0 Å². The molecule has 1 aliphatic heterocycles. The Labute approximate surface area is 152 Å². The maximum Gasteiger partial charge on any atom is 0.238 e. The molecule has 2 fully saturated rings. The first kappa shape index (κ1) is 16.7. The van der Waals surface area contributed by atoms with E-state index in [2.05, 4.69) is 26.9 Å². The van der Waals surface area contributed by atoms with Crippen molar-refractivity contribution in [3.63, 3.8) is 0 Å². The van der Waals surface area contributed by atoms with Gasteiger partial charge < -0.3 is 10.6 Å². The number of carbonyl (C=O) groups is 1. The number of aromatic nitrogens is 2. The Balaban J connectivity index is 1.37. The van der Waals surface area contributed by atoms with Crippen LogP contribution in [0.25, 0.3) is 11.1 Å². The van der Waals surface area contributed by atoms with E-state index in [1.807, 2.05) is 30.3 Å². The smallest absolute Gasteiger partial charge is 0.238 e. The maximum absolute atomic E-state index is 12.5. The summed E-state index contributed by atoms with van der Waals surface area (Å²) in [5.74, 6) is 0.385. The summed E-state index contributed by atoms with van der Waals surface area (Å²) in [6, 6.07) is 11.9. The third-order valence-electron chi connectivity index (χ3n) is 5.43. The number of piperidine rings is 1. The van der Waals surface area contributed by atoms with Gasteiger partial charge in [0.1, 0.15) is 6.04 Å². The maximum atomic E-state index is 12.5. The molecule has 26 heavy (non-hydrogen) atoms. The first-order chi connectivity index (χ1) is 12.7. The molecule has 2 heterocycles. The minimum atomic E-state index is -0.517. The summed E-state index contributed by atoms with van der Waals surface area (Å²) in [5, 5.41) is 23.4. The molecule has 2 N–H and O–H groups in total. The molecule has 1 amide bonds. The predicted octanol–water partition coefficient (Wildman–Crippen LogP) is 1.83. The molecule has 0 unspecified atom stereocenters. The van der Waals surface area contributed by atoms with Crippen molar-refractivity contribution in [2.75, 3.05) is 0 Å². The van der Waals surface area contributed by atoms with Crippen molar-refractivity contribution in [1.82, 2.24) is 20.8 Å². The van der Waals surface area contributed by atoms with Gasteiger partial charge in [-0.1, -0.05) is 24.3 Å².